The van der Waals surface area contributed by atoms with E-state index in [1.807, 2.05) is 29.2 Å². The van der Waals surface area contributed by atoms with Gasteiger partial charge in [0.05, 0.1) is 0 Å². The molecule has 4 nitrogen and oxygen atoms in total. The van der Waals surface area contributed by atoms with Crippen LogP contribution in [0.1, 0.15) is 63.0 Å². The highest BCUT2D eigenvalue weighted by Crippen LogP contribution is 2.35. The average molecular weight is 364 g/mol. The molecule has 0 bridgehead atoms. The van der Waals surface area contributed by atoms with Gasteiger partial charge in [-0.2, -0.15) is 0 Å². The van der Waals surface area contributed by atoms with Crippen LogP contribution in [-0.4, -0.2) is 18.4 Å². The second-order valence-corrected chi connectivity index (χ2v) is 7.45. The zero-order valence-corrected chi connectivity index (χ0v) is 16.4. The summed E-state index contributed by atoms with van der Waals surface area (Å²) in [5.41, 5.74) is 4.65. The molecule has 0 saturated carbocycles. The second-order valence-electron chi connectivity index (χ2n) is 7.45. The lowest BCUT2D eigenvalue weighted by Crippen LogP contribution is -2.36. The number of anilines is 2. The van der Waals surface area contributed by atoms with Crippen molar-refractivity contribution in [3.8, 4) is 0 Å². The first-order valence-electron chi connectivity index (χ1n) is 9.79. The summed E-state index contributed by atoms with van der Waals surface area (Å²) >= 11 is 0. The smallest absolute Gasteiger partial charge is 0.227 e. The van der Waals surface area contributed by atoms with Gasteiger partial charge in [0.25, 0.3) is 0 Å². The van der Waals surface area contributed by atoms with E-state index in [-0.39, 0.29) is 11.8 Å². The van der Waals surface area contributed by atoms with Gasteiger partial charge in [0.2, 0.25) is 11.8 Å². The van der Waals surface area contributed by atoms with Crippen molar-refractivity contribution in [1.82, 2.24) is 0 Å². The number of hydrogen-bond acceptors (Lipinski definition) is 2. The molecule has 0 spiro atoms. The van der Waals surface area contributed by atoms with E-state index in [0.717, 1.165) is 24.3 Å². The van der Waals surface area contributed by atoms with Crippen LogP contribution < -0.4 is 10.2 Å². The number of carbonyl (C=O) groups is 2. The number of carbonyl (C=O) groups excluding carboxylic acids is 2. The molecule has 0 radical (unpaired) electrons. The average Bonchev–Trinajstić information content (AvgIpc) is 2.65. The quantitative estimate of drug-likeness (QED) is 0.809. The van der Waals surface area contributed by atoms with E-state index in [9.17, 15) is 9.59 Å². The second kappa shape index (κ2) is 8.38. The Morgan fingerprint density at radius 3 is 2.30 bits per heavy atom. The molecule has 2 unspecified atom stereocenters. The van der Waals surface area contributed by atoms with Gasteiger partial charge in [-0.25, -0.2) is 0 Å². The van der Waals surface area contributed by atoms with Crippen molar-refractivity contribution in [3.63, 3.8) is 0 Å². The highest BCUT2D eigenvalue weighted by atomic mass is 16.2. The number of nitrogens with one attached hydrogen (secondary N) is 1. The lowest BCUT2D eigenvalue weighted by molar-refractivity contribution is -0.119. The van der Waals surface area contributed by atoms with Crippen LogP contribution in [0.15, 0.2) is 48.5 Å². The van der Waals surface area contributed by atoms with Crippen molar-refractivity contribution in [2.45, 2.75) is 51.9 Å². The molecular weight excluding hydrogens is 336 g/mol. The summed E-state index contributed by atoms with van der Waals surface area (Å²) < 4.78 is 0. The zero-order chi connectivity index (χ0) is 19.4. The third-order valence-electron chi connectivity index (χ3n) is 5.24. The van der Waals surface area contributed by atoms with Crippen LogP contribution in [0.25, 0.3) is 0 Å². The topological polar surface area (TPSA) is 49.4 Å². The van der Waals surface area contributed by atoms with E-state index in [1.54, 1.807) is 0 Å². The highest BCUT2D eigenvalue weighted by molar-refractivity contribution is 5.97. The number of benzene rings is 2. The third kappa shape index (κ3) is 4.21. The van der Waals surface area contributed by atoms with E-state index < -0.39 is 0 Å². The summed E-state index contributed by atoms with van der Waals surface area (Å²) in [6, 6.07) is 16.2. The molecule has 0 aliphatic carbocycles. The Morgan fingerprint density at radius 2 is 1.56 bits per heavy atom. The minimum Gasteiger partial charge on any atom is -0.326 e. The normalized spacial score (nSPS) is 20.8. The first-order chi connectivity index (χ1) is 13.0. The summed E-state index contributed by atoms with van der Waals surface area (Å²) in [5, 5.41) is 2.85. The van der Waals surface area contributed by atoms with Crippen molar-refractivity contribution < 1.29 is 9.59 Å². The van der Waals surface area contributed by atoms with Crippen molar-refractivity contribution in [1.29, 1.82) is 0 Å². The Kier molecular flexibility index (Phi) is 5.94. The van der Waals surface area contributed by atoms with Gasteiger partial charge in [-0.05, 0) is 41.5 Å². The number of para-hydroxylation sites is 2. The SMILES string of the molecule is CC1CC(=O)Nc2ccccc21.CCCN1C(=O)CC(C)c2ccccc21. The molecule has 4 rings (SSSR count). The van der Waals surface area contributed by atoms with Gasteiger partial charge in [-0.3, -0.25) is 9.59 Å². The van der Waals surface area contributed by atoms with E-state index in [2.05, 4.69) is 50.4 Å². The lowest BCUT2D eigenvalue weighted by atomic mass is 9.91. The highest BCUT2D eigenvalue weighted by Gasteiger charge is 2.27. The summed E-state index contributed by atoms with van der Waals surface area (Å²) in [5.74, 6) is 1.11. The maximum atomic E-state index is 11.9. The fraction of sp³-hybridized carbons (Fsp3) is 0.391. The van der Waals surface area contributed by atoms with Crippen LogP contribution in [0, 0.1) is 0 Å². The van der Waals surface area contributed by atoms with Gasteiger partial charge in [0.1, 0.15) is 0 Å². The van der Waals surface area contributed by atoms with Crippen molar-refractivity contribution in [2.24, 2.45) is 0 Å². The van der Waals surface area contributed by atoms with E-state index >= 15 is 0 Å². The molecule has 2 aromatic rings. The Morgan fingerprint density at radius 1 is 0.926 bits per heavy atom. The van der Waals surface area contributed by atoms with Gasteiger partial charge >= 0.3 is 0 Å². The minimum atomic E-state index is 0.126. The maximum Gasteiger partial charge on any atom is 0.227 e. The Bertz CT molecular complexity index is 831. The Hall–Kier alpha value is -2.62. The molecule has 2 aromatic carbocycles. The van der Waals surface area contributed by atoms with Crippen LogP contribution in [-0.2, 0) is 9.59 Å². The zero-order valence-electron chi connectivity index (χ0n) is 16.4. The monoisotopic (exact) mass is 364 g/mol. The molecular formula is C23H28N2O2. The minimum absolute atomic E-state index is 0.126. The fourth-order valence-electron chi connectivity index (χ4n) is 3.87. The summed E-state index contributed by atoms with van der Waals surface area (Å²) in [6.45, 7) is 7.15. The van der Waals surface area contributed by atoms with Crippen LogP contribution in [0.4, 0.5) is 11.4 Å². The Balaban J connectivity index is 0.000000159. The molecule has 2 amide bonds. The largest absolute Gasteiger partial charge is 0.326 e. The van der Waals surface area contributed by atoms with Gasteiger partial charge in [-0.15, -0.1) is 0 Å². The van der Waals surface area contributed by atoms with E-state index in [0.29, 0.717) is 24.7 Å². The summed E-state index contributed by atoms with van der Waals surface area (Å²) in [6.07, 6.45) is 2.27. The summed E-state index contributed by atoms with van der Waals surface area (Å²) in [4.78, 5) is 24.9. The number of fused-ring (bicyclic) bond motifs is 2. The predicted octanol–water partition coefficient (Wildman–Crippen LogP) is 5.07. The van der Waals surface area contributed by atoms with E-state index in [1.165, 1.54) is 11.1 Å². The van der Waals surface area contributed by atoms with Crippen molar-refractivity contribution in [2.75, 3.05) is 16.8 Å². The van der Waals surface area contributed by atoms with Crippen LogP contribution in [0.2, 0.25) is 0 Å². The van der Waals surface area contributed by atoms with Gasteiger partial charge in [-0.1, -0.05) is 57.2 Å². The molecule has 0 saturated heterocycles. The molecule has 1 N–H and O–H groups in total. The number of hydrogen-bond donors (Lipinski definition) is 1. The molecule has 4 heteroatoms. The number of amides is 2. The molecule has 0 fully saturated rings. The first kappa shape index (κ1) is 19.2. The molecule has 27 heavy (non-hydrogen) atoms. The van der Waals surface area contributed by atoms with Gasteiger partial charge in [0, 0.05) is 30.8 Å². The molecule has 2 atom stereocenters. The standard InChI is InChI=1S/C13H17NO.C10H11NO/c1-3-8-14-12-7-5-4-6-11(12)10(2)9-13(14)15;1-7-6-10(12)11-9-5-3-2-4-8(7)9/h4-7,10H,3,8-9H2,1-2H3;2-5,7H,6H2,1H3,(H,11,12). The lowest BCUT2D eigenvalue weighted by Gasteiger charge is -2.32. The number of nitrogens with zero attached hydrogens (tertiary/aromatic N) is 1. The van der Waals surface area contributed by atoms with Crippen LogP contribution in [0.3, 0.4) is 0 Å². The van der Waals surface area contributed by atoms with Gasteiger partial charge in [0.15, 0.2) is 0 Å². The van der Waals surface area contributed by atoms with Crippen molar-refractivity contribution in [3.05, 3.63) is 59.7 Å². The molecule has 2 aliphatic rings. The summed E-state index contributed by atoms with van der Waals surface area (Å²) in [7, 11) is 0. The van der Waals surface area contributed by atoms with E-state index in [4.69, 9.17) is 0 Å². The van der Waals surface area contributed by atoms with Crippen LogP contribution in [0.5, 0.6) is 0 Å². The molecule has 2 aliphatic heterocycles. The van der Waals surface area contributed by atoms with Crippen molar-refractivity contribution >= 4 is 23.2 Å². The third-order valence-corrected chi connectivity index (χ3v) is 5.24. The molecule has 0 aromatic heterocycles. The van der Waals surface area contributed by atoms with Gasteiger partial charge < -0.3 is 10.2 Å². The predicted molar refractivity (Wildman–Crippen MR) is 110 cm³/mol. The van der Waals surface area contributed by atoms with Crippen LogP contribution >= 0.6 is 0 Å². The molecule has 2 heterocycles. The maximum absolute atomic E-state index is 11.9. The number of rotatable bonds is 2. The molecule has 142 valence electrons. The first-order valence-corrected chi connectivity index (χ1v) is 9.79. The Labute approximate surface area is 161 Å². The fourth-order valence-corrected chi connectivity index (χ4v) is 3.87.